The number of aromatic nitrogens is 1. The highest BCUT2D eigenvalue weighted by Crippen LogP contribution is 2.42. The maximum atomic E-state index is 12.2. The summed E-state index contributed by atoms with van der Waals surface area (Å²) in [4.78, 5) is 15.4. The molecular formula is C38H60NO7-. The number of nitrogens with one attached hydrogen (secondary N) is 1. The summed E-state index contributed by atoms with van der Waals surface area (Å²) in [5.74, 6) is -1.90. The molecular weight excluding hydrogens is 582 g/mol. The lowest BCUT2D eigenvalue weighted by Gasteiger charge is -2.32. The summed E-state index contributed by atoms with van der Waals surface area (Å²) in [5.41, 5.74) is 2.56. The Morgan fingerprint density at radius 3 is 2.33 bits per heavy atom. The standard InChI is InChI=1S/C38H61NO7/c1-2-3-4-5-8-15-32(41)16-9-6-7-10-17-34(37(44)45)36(43)20-22-38(46)21-11-14-30(38)27-31-18-19-35(39-31)29-24-28(13-12-23-40)25-33(42)26-29/h18-19,24-26,30,32,34,36,39-43,46H,2-17,20-23,27H2,1H3,(H,44,45)/p-1. The highest BCUT2D eigenvalue weighted by atomic mass is 16.4. The molecule has 2 aromatic rings. The van der Waals surface area contributed by atoms with Crippen LogP contribution in [0.1, 0.15) is 134 Å². The first-order valence-electron chi connectivity index (χ1n) is 18.1. The second-order valence-electron chi connectivity index (χ2n) is 13.9. The lowest BCUT2D eigenvalue weighted by Crippen LogP contribution is -2.37. The summed E-state index contributed by atoms with van der Waals surface area (Å²) in [7, 11) is 0. The zero-order valence-electron chi connectivity index (χ0n) is 28.1. The van der Waals surface area contributed by atoms with Gasteiger partial charge >= 0.3 is 5.97 Å². The van der Waals surface area contributed by atoms with Gasteiger partial charge < -0.3 is 35.6 Å². The minimum atomic E-state index is -1.01. The summed E-state index contributed by atoms with van der Waals surface area (Å²) >= 11 is 0. The van der Waals surface area contributed by atoms with E-state index in [-0.39, 0.29) is 30.8 Å². The maximum absolute atomic E-state index is 12.2. The Kier molecular flexibility index (Phi) is 16.6. The van der Waals surface area contributed by atoms with Crippen molar-refractivity contribution in [1.82, 2.24) is 4.98 Å². The average Bonchev–Trinajstić information content (AvgIpc) is 3.64. The Morgan fingerprint density at radius 2 is 1.65 bits per heavy atom. The number of unbranched alkanes of at least 4 members (excludes halogenated alkanes) is 7. The van der Waals surface area contributed by atoms with Crippen LogP contribution in [0.2, 0.25) is 0 Å². The molecule has 1 aromatic heterocycles. The molecule has 0 radical (unpaired) electrons. The van der Waals surface area contributed by atoms with E-state index in [0.717, 1.165) is 80.3 Å². The molecule has 1 aromatic carbocycles. The third kappa shape index (κ3) is 12.7. The van der Waals surface area contributed by atoms with E-state index in [1.807, 2.05) is 18.2 Å². The SMILES string of the molecule is CCCCCCCC(O)CCCCCCC(C(=O)O)C(O)CCC1(O)CCCC1Cc1ccc(-c2cc([O-])cc(CCCO)c2)[nH]1. The zero-order valence-corrected chi connectivity index (χ0v) is 28.1. The Balaban J connectivity index is 1.43. The first-order chi connectivity index (χ1) is 22.1. The summed E-state index contributed by atoms with van der Waals surface area (Å²) in [6.45, 7) is 2.28. The lowest BCUT2D eigenvalue weighted by atomic mass is 9.81. The second-order valence-corrected chi connectivity index (χ2v) is 13.9. The molecule has 0 aliphatic heterocycles. The minimum Gasteiger partial charge on any atom is -0.872 e. The number of aromatic amines is 1. The fraction of sp³-hybridized carbons (Fsp3) is 0.711. The van der Waals surface area contributed by atoms with Gasteiger partial charge in [-0.1, -0.05) is 83.3 Å². The van der Waals surface area contributed by atoms with Crippen LogP contribution in [0, 0.1) is 11.8 Å². The largest absolute Gasteiger partial charge is 0.872 e. The van der Waals surface area contributed by atoms with E-state index < -0.39 is 23.6 Å². The van der Waals surface area contributed by atoms with Gasteiger partial charge in [0.05, 0.1) is 23.7 Å². The van der Waals surface area contributed by atoms with E-state index in [4.69, 9.17) is 5.11 Å². The molecule has 1 fully saturated rings. The Morgan fingerprint density at radius 1 is 0.957 bits per heavy atom. The first kappa shape index (κ1) is 38.1. The van der Waals surface area contributed by atoms with Gasteiger partial charge in [-0.25, -0.2) is 0 Å². The molecule has 6 N–H and O–H groups in total. The smallest absolute Gasteiger partial charge is 0.309 e. The molecule has 5 atom stereocenters. The molecule has 1 aliphatic carbocycles. The fourth-order valence-electron chi connectivity index (χ4n) is 7.29. The van der Waals surface area contributed by atoms with E-state index >= 15 is 0 Å². The topological polar surface area (TPSA) is 157 Å². The minimum absolute atomic E-state index is 0.00729. The van der Waals surface area contributed by atoms with Gasteiger partial charge in [0.2, 0.25) is 0 Å². The monoisotopic (exact) mass is 642 g/mol. The number of hydrogen-bond acceptors (Lipinski definition) is 6. The third-order valence-electron chi connectivity index (χ3n) is 10.1. The summed E-state index contributed by atoms with van der Waals surface area (Å²) in [6, 6.07) is 9.12. The Labute approximate surface area is 276 Å². The molecule has 0 spiro atoms. The summed E-state index contributed by atoms with van der Waals surface area (Å²) < 4.78 is 0. The predicted molar refractivity (Wildman–Crippen MR) is 181 cm³/mol. The van der Waals surface area contributed by atoms with E-state index in [1.165, 1.54) is 25.7 Å². The molecule has 5 unspecified atom stereocenters. The number of hydrogen-bond donors (Lipinski definition) is 6. The summed E-state index contributed by atoms with van der Waals surface area (Å²) in [6.07, 6.45) is 15.1. The number of H-pyrrole nitrogens is 1. The van der Waals surface area contributed by atoms with Crippen LogP contribution >= 0.6 is 0 Å². The molecule has 0 amide bonds. The van der Waals surface area contributed by atoms with Gasteiger partial charge in [-0.2, -0.15) is 0 Å². The van der Waals surface area contributed by atoms with E-state index in [9.17, 15) is 30.3 Å². The zero-order chi connectivity index (χ0) is 33.4. The van der Waals surface area contributed by atoms with Crippen LogP contribution in [0.25, 0.3) is 11.3 Å². The van der Waals surface area contributed by atoms with E-state index in [0.29, 0.717) is 38.5 Å². The number of benzene rings is 1. The predicted octanol–water partition coefficient (Wildman–Crippen LogP) is 6.66. The number of carbonyl (C=O) groups is 1. The van der Waals surface area contributed by atoms with E-state index in [1.54, 1.807) is 12.1 Å². The van der Waals surface area contributed by atoms with Crippen molar-refractivity contribution in [2.24, 2.45) is 11.8 Å². The van der Waals surface area contributed by atoms with Gasteiger partial charge in [-0.3, -0.25) is 4.79 Å². The van der Waals surface area contributed by atoms with Crippen LogP contribution in [-0.4, -0.2) is 60.9 Å². The molecule has 3 rings (SSSR count). The van der Waals surface area contributed by atoms with Gasteiger partial charge in [0.25, 0.3) is 0 Å². The van der Waals surface area contributed by atoms with Crippen LogP contribution in [0.5, 0.6) is 5.75 Å². The van der Waals surface area contributed by atoms with Crippen LogP contribution in [0.15, 0.2) is 30.3 Å². The number of rotatable bonds is 24. The fourth-order valence-corrected chi connectivity index (χ4v) is 7.29. The molecule has 0 bridgehead atoms. The highest BCUT2D eigenvalue weighted by molar-refractivity contribution is 5.70. The molecule has 260 valence electrons. The van der Waals surface area contributed by atoms with Crippen LogP contribution in [0.4, 0.5) is 0 Å². The van der Waals surface area contributed by atoms with Crippen molar-refractivity contribution >= 4 is 5.97 Å². The van der Waals surface area contributed by atoms with Crippen molar-refractivity contribution in [2.75, 3.05) is 6.61 Å². The molecule has 1 heterocycles. The number of aryl methyl sites for hydroxylation is 1. The molecule has 8 nitrogen and oxygen atoms in total. The van der Waals surface area contributed by atoms with Crippen molar-refractivity contribution in [1.29, 1.82) is 0 Å². The molecule has 46 heavy (non-hydrogen) atoms. The van der Waals surface area contributed by atoms with Crippen molar-refractivity contribution in [2.45, 2.75) is 153 Å². The van der Waals surface area contributed by atoms with E-state index in [2.05, 4.69) is 11.9 Å². The van der Waals surface area contributed by atoms with Gasteiger partial charge in [0, 0.05) is 18.0 Å². The van der Waals surface area contributed by atoms with Gasteiger partial charge in [0.15, 0.2) is 0 Å². The van der Waals surface area contributed by atoms with Crippen LogP contribution in [-0.2, 0) is 17.6 Å². The number of aliphatic hydroxyl groups excluding tert-OH is 3. The molecule has 1 aliphatic rings. The second kappa shape index (κ2) is 20.1. The van der Waals surface area contributed by atoms with Gasteiger partial charge in [-0.05, 0) is 99.5 Å². The van der Waals surface area contributed by atoms with Gasteiger partial charge in [-0.15, -0.1) is 5.75 Å². The molecule has 0 saturated heterocycles. The van der Waals surface area contributed by atoms with Crippen molar-refractivity contribution in [3.8, 4) is 17.0 Å². The summed E-state index contributed by atoms with van der Waals surface area (Å²) in [5, 5.41) is 63.9. The Hall–Kier alpha value is -2.39. The van der Waals surface area contributed by atoms with Gasteiger partial charge in [0.1, 0.15) is 0 Å². The number of carboxylic acid groups (broad SMARTS) is 1. The van der Waals surface area contributed by atoms with Crippen LogP contribution < -0.4 is 5.11 Å². The number of carboxylic acids is 1. The first-order valence-corrected chi connectivity index (χ1v) is 18.1. The lowest BCUT2D eigenvalue weighted by molar-refractivity contribution is -0.268. The molecule has 1 saturated carbocycles. The maximum Gasteiger partial charge on any atom is 0.309 e. The normalized spacial score (nSPS) is 20.2. The van der Waals surface area contributed by atoms with Crippen molar-refractivity contribution < 1.29 is 35.4 Å². The highest BCUT2D eigenvalue weighted by Gasteiger charge is 2.42. The Bertz CT molecular complexity index is 1150. The van der Waals surface area contributed by atoms with Crippen molar-refractivity contribution in [3.05, 3.63) is 41.6 Å². The quantitative estimate of drug-likeness (QED) is 0.0699. The number of aliphatic carboxylic acids is 1. The van der Waals surface area contributed by atoms with Crippen LogP contribution in [0.3, 0.4) is 0 Å². The molecule has 8 heteroatoms. The third-order valence-corrected chi connectivity index (χ3v) is 10.1. The average molecular weight is 643 g/mol. The van der Waals surface area contributed by atoms with Crippen molar-refractivity contribution in [3.63, 3.8) is 0 Å². The number of aliphatic hydroxyl groups is 4.